The van der Waals surface area contributed by atoms with Gasteiger partial charge in [-0.3, -0.25) is 9.59 Å². The summed E-state index contributed by atoms with van der Waals surface area (Å²) in [7, 11) is 0. The number of hydrogen-bond donors (Lipinski definition) is 0. The quantitative estimate of drug-likeness (QED) is 0.127. The number of benzene rings is 7. The van der Waals surface area contributed by atoms with Crippen molar-refractivity contribution in [3.05, 3.63) is 203 Å². The smallest absolute Gasteiger partial charge is 0.193 e. The fourth-order valence-corrected chi connectivity index (χ4v) is 6.43. The monoisotopic (exact) mass is 682 g/mol. The van der Waals surface area contributed by atoms with Gasteiger partial charge in [-0.1, -0.05) is 84.1 Å². The molecule has 0 bridgehead atoms. The number of carbonyl (C=O) groups is 2. The molecule has 0 amide bonds. The summed E-state index contributed by atoms with van der Waals surface area (Å²) in [6.45, 7) is 3.97. The Bertz CT molecular complexity index is 2280. The number of para-hydroxylation sites is 1. The van der Waals surface area contributed by atoms with Crippen LogP contribution in [0.2, 0.25) is 0 Å². The largest absolute Gasteiger partial charge is 0.457 e. The molecule has 0 aliphatic heterocycles. The summed E-state index contributed by atoms with van der Waals surface area (Å²) in [5, 5.41) is 0. The van der Waals surface area contributed by atoms with Gasteiger partial charge in [0.15, 0.2) is 11.6 Å². The molecule has 0 radical (unpaired) electrons. The molecule has 0 aliphatic carbocycles. The Morgan fingerprint density at radius 3 is 1.43 bits per heavy atom. The van der Waals surface area contributed by atoms with Crippen LogP contribution in [0.5, 0.6) is 23.0 Å². The molecule has 4 nitrogen and oxygen atoms in total. The molecule has 248 valence electrons. The van der Waals surface area contributed by atoms with Gasteiger partial charge in [-0.15, -0.1) is 0 Å². The first kappa shape index (κ1) is 33.3. The van der Waals surface area contributed by atoms with Crippen molar-refractivity contribution < 1.29 is 19.1 Å². The molecule has 7 rings (SSSR count). The second-order valence-electron chi connectivity index (χ2n) is 12.2. The van der Waals surface area contributed by atoms with Crippen molar-refractivity contribution >= 4 is 23.3 Å². The molecule has 0 aliphatic rings. The van der Waals surface area contributed by atoms with Gasteiger partial charge in [0.05, 0.1) is 0 Å². The fourth-order valence-electron chi connectivity index (χ4n) is 5.61. The van der Waals surface area contributed by atoms with E-state index in [4.69, 9.17) is 9.47 Å². The molecule has 0 fully saturated rings. The van der Waals surface area contributed by atoms with Crippen molar-refractivity contribution in [2.75, 3.05) is 0 Å². The molecule has 7 aromatic carbocycles. The van der Waals surface area contributed by atoms with Gasteiger partial charge >= 0.3 is 0 Å². The average Bonchev–Trinajstić information content (AvgIpc) is 3.17. The summed E-state index contributed by atoms with van der Waals surface area (Å²) in [6, 6.07) is 53.9. The molecule has 0 saturated heterocycles. The fraction of sp³-hybridized carbons (Fsp3) is 0.0435. The van der Waals surface area contributed by atoms with Crippen LogP contribution in [-0.2, 0) is 0 Å². The zero-order valence-corrected chi connectivity index (χ0v) is 29.0. The minimum atomic E-state index is -0.0419. The first-order chi connectivity index (χ1) is 24.9. The molecule has 0 aromatic heterocycles. The van der Waals surface area contributed by atoms with Gasteiger partial charge in [-0.25, -0.2) is 0 Å². The molecule has 5 heteroatoms. The van der Waals surface area contributed by atoms with Crippen molar-refractivity contribution in [1.29, 1.82) is 0 Å². The third-order valence-electron chi connectivity index (χ3n) is 8.49. The van der Waals surface area contributed by atoms with E-state index in [1.807, 2.05) is 147 Å². The second-order valence-corrected chi connectivity index (χ2v) is 13.4. The van der Waals surface area contributed by atoms with Gasteiger partial charge < -0.3 is 9.47 Å². The first-order valence-electron chi connectivity index (χ1n) is 16.6. The van der Waals surface area contributed by atoms with Crippen molar-refractivity contribution in [2.24, 2.45) is 0 Å². The van der Waals surface area contributed by atoms with Crippen molar-refractivity contribution in [2.45, 2.75) is 23.6 Å². The summed E-state index contributed by atoms with van der Waals surface area (Å²) in [5.41, 5.74) is 6.65. The van der Waals surface area contributed by atoms with E-state index in [2.05, 4.69) is 24.3 Å². The summed E-state index contributed by atoms with van der Waals surface area (Å²) < 4.78 is 11.9. The number of ether oxygens (including phenoxy) is 2. The van der Waals surface area contributed by atoms with Crippen LogP contribution in [0.25, 0.3) is 11.1 Å². The summed E-state index contributed by atoms with van der Waals surface area (Å²) in [6.07, 6.45) is 0. The van der Waals surface area contributed by atoms with Crippen LogP contribution in [0, 0.1) is 13.8 Å². The summed E-state index contributed by atoms with van der Waals surface area (Å²) >= 11 is 1.64. The Morgan fingerprint density at radius 1 is 0.431 bits per heavy atom. The SMILES string of the molecule is Cc1ccc(C(=O)c2ccc(Sc3ccc(-c4ccc(C)c(C(=O)c5ccc(Oc6ccc(Oc7ccccc7)cc6)cc5)c4)cc3)cc2)cc1. The maximum atomic E-state index is 13.6. The predicted molar refractivity (Wildman–Crippen MR) is 205 cm³/mol. The van der Waals surface area contributed by atoms with Crippen LogP contribution < -0.4 is 9.47 Å². The van der Waals surface area contributed by atoms with Crippen LogP contribution in [0.4, 0.5) is 0 Å². The number of hydrogen-bond acceptors (Lipinski definition) is 5. The van der Waals surface area contributed by atoms with Gasteiger partial charge in [0, 0.05) is 32.0 Å². The molecular formula is C46H34O4S. The Morgan fingerprint density at radius 2 is 0.863 bits per heavy atom. The Kier molecular flexibility index (Phi) is 9.91. The molecule has 0 spiro atoms. The van der Waals surface area contributed by atoms with E-state index in [-0.39, 0.29) is 11.6 Å². The highest BCUT2D eigenvalue weighted by Crippen LogP contribution is 2.32. The van der Waals surface area contributed by atoms with E-state index in [0.29, 0.717) is 33.8 Å². The molecule has 0 N–H and O–H groups in total. The van der Waals surface area contributed by atoms with E-state index >= 15 is 0 Å². The minimum Gasteiger partial charge on any atom is -0.457 e. The Balaban J connectivity index is 0.980. The third-order valence-corrected chi connectivity index (χ3v) is 9.51. The van der Waals surface area contributed by atoms with Crippen LogP contribution in [0.3, 0.4) is 0 Å². The topological polar surface area (TPSA) is 52.6 Å². The molecule has 7 aromatic rings. The molecule has 51 heavy (non-hydrogen) atoms. The number of ketones is 2. The lowest BCUT2D eigenvalue weighted by atomic mass is 9.94. The zero-order valence-electron chi connectivity index (χ0n) is 28.2. The molecule has 0 heterocycles. The highest BCUT2D eigenvalue weighted by Gasteiger charge is 2.14. The standard InChI is InChI=1S/C46H34O4S/c1-31-8-11-34(12-9-31)45(47)35-18-28-43(29-19-35)51-42-26-16-33(17-27-42)37-13-10-32(2)44(30-37)46(48)36-14-20-39(21-15-36)50-41-24-22-40(23-25-41)49-38-6-4-3-5-7-38/h3-30H,1-2H3. The highest BCUT2D eigenvalue weighted by molar-refractivity contribution is 7.99. The van der Waals surface area contributed by atoms with Gasteiger partial charge in [0.2, 0.25) is 0 Å². The van der Waals surface area contributed by atoms with E-state index in [0.717, 1.165) is 43.5 Å². The van der Waals surface area contributed by atoms with Gasteiger partial charge in [-0.05, 0) is 134 Å². The van der Waals surface area contributed by atoms with E-state index in [1.54, 1.807) is 23.9 Å². The zero-order chi connectivity index (χ0) is 35.2. The number of rotatable bonds is 11. The molecule has 0 atom stereocenters. The van der Waals surface area contributed by atoms with Gasteiger partial charge in [0.1, 0.15) is 23.0 Å². The van der Waals surface area contributed by atoms with E-state index < -0.39 is 0 Å². The number of aryl methyl sites for hydroxylation is 2. The third kappa shape index (κ3) is 8.18. The highest BCUT2D eigenvalue weighted by atomic mass is 32.2. The van der Waals surface area contributed by atoms with Crippen molar-refractivity contribution in [1.82, 2.24) is 0 Å². The lowest BCUT2D eigenvalue weighted by molar-refractivity contribution is 0.103. The van der Waals surface area contributed by atoms with Crippen molar-refractivity contribution in [3.63, 3.8) is 0 Å². The predicted octanol–water partition coefficient (Wildman–Crippen LogP) is 12.2. The average molecular weight is 683 g/mol. The van der Waals surface area contributed by atoms with Crippen molar-refractivity contribution in [3.8, 4) is 34.1 Å². The number of carbonyl (C=O) groups excluding carboxylic acids is 2. The molecule has 0 saturated carbocycles. The Hall–Kier alpha value is -6.17. The van der Waals surface area contributed by atoms with Gasteiger partial charge in [0.25, 0.3) is 0 Å². The normalized spacial score (nSPS) is 10.8. The van der Waals surface area contributed by atoms with Crippen LogP contribution in [0.1, 0.15) is 43.0 Å². The lowest BCUT2D eigenvalue weighted by Gasteiger charge is -2.11. The first-order valence-corrected chi connectivity index (χ1v) is 17.5. The van der Waals surface area contributed by atoms with Crippen LogP contribution in [-0.4, -0.2) is 11.6 Å². The van der Waals surface area contributed by atoms with Crippen LogP contribution >= 0.6 is 11.8 Å². The summed E-state index contributed by atoms with van der Waals surface area (Å²) in [5.74, 6) is 2.78. The van der Waals surface area contributed by atoms with E-state index in [1.165, 1.54) is 0 Å². The molecule has 0 unspecified atom stereocenters. The maximum absolute atomic E-state index is 13.6. The lowest BCUT2D eigenvalue weighted by Crippen LogP contribution is -2.04. The molecular weight excluding hydrogens is 649 g/mol. The second kappa shape index (κ2) is 15.2. The van der Waals surface area contributed by atoms with Crippen LogP contribution in [0.15, 0.2) is 180 Å². The maximum Gasteiger partial charge on any atom is 0.193 e. The van der Waals surface area contributed by atoms with E-state index in [9.17, 15) is 9.59 Å². The Labute approximate surface area is 302 Å². The van der Waals surface area contributed by atoms with Gasteiger partial charge in [-0.2, -0.15) is 0 Å². The summed E-state index contributed by atoms with van der Waals surface area (Å²) in [4.78, 5) is 28.6. The minimum absolute atomic E-state index is 0.0191.